The summed E-state index contributed by atoms with van der Waals surface area (Å²) in [6, 6.07) is 7.07. The summed E-state index contributed by atoms with van der Waals surface area (Å²) in [6.45, 7) is 20.6. The highest BCUT2D eigenvalue weighted by Gasteiger charge is 2.40. The standard InChI is InChI=1S/C20H40O2Si2/c1-10-23(11-2,12-3)21-19-17(8)16(7)18(9)20(19)22-24(13-4,14-5)15-6/h17H,10-15H2,1-9H3. The molecule has 0 aromatic carbocycles. The van der Waals surface area contributed by atoms with Crippen molar-refractivity contribution in [2.45, 2.75) is 98.6 Å². The Kier molecular flexibility index (Phi) is 7.86. The Morgan fingerprint density at radius 1 is 0.708 bits per heavy atom. The molecule has 140 valence electrons. The van der Waals surface area contributed by atoms with Gasteiger partial charge in [0, 0.05) is 5.92 Å². The van der Waals surface area contributed by atoms with Crippen molar-refractivity contribution in [3.63, 3.8) is 0 Å². The van der Waals surface area contributed by atoms with Crippen LogP contribution in [0.2, 0.25) is 36.3 Å². The van der Waals surface area contributed by atoms with E-state index in [1.165, 1.54) is 47.4 Å². The Morgan fingerprint density at radius 3 is 1.46 bits per heavy atom. The lowest BCUT2D eigenvalue weighted by Gasteiger charge is -2.34. The molecule has 1 aliphatic carbocycles. The van der Waals surface area contributed by atoms with Crippen LogP contribution in [0.15, 0.2) is 22.7 Å². The summed E-state index contributed by atoms with van der Waals surface area (Å²) in [4.78, 5) is 0. The molecule has 0 heterocycles. The average Bonchev–Trinajstić information content (AvgIpc) is 2.81. The van der Waals surface area contributed by atoms with E-state index >= 15 is 0 Å². The summed E-state index contributed by atoms with van der Waals surface area (Å²) in [5, 5.41) is 0. The van der Waals surface area contributed by atoms with Gasteiger partial charge in [0.25, 0.3) is 8.32 Å². The smallest absolute Gasteiger partial charge is 0.250 e. The quantitative estimate of drug-likeness (QED) is 0.379. The van der Waals surface area contributed by atoms with Gasteiger partial charge < -0.3 is 8.85 Å². The van der Waals surface area contributed by atoms with E-state index in [1.807, 2.05) is 0 Å². The molecule has 2 nitrogen and oxygen atoms in total. The molecular formula is C20H40O2Si2. The van der Waals surface area contributed by atoms with Crippen molar-refractivity contribution < 1.29 is 8.85 Å². The summed E-state index contributed by atoms with van der Waals surface area (Å²) < 4.78 is 13.7. The first-order chi connectivity index (χ1) is 11.3. The summed E-state index contributed by atoms with van der Waals surface area (Å²) in [6.07, 6.45) is 0. The van der Waals surface area contributed by atoms with Crippen molar-refractivity contribution in [2.24, 2.45) is 5.92 Å². The first-order valence-electron chi connectivity index (χ1n) is 10.1. The summed E-state index contributed by atoms with van der Waals surface area (Å²) in [7, 11) is -3.37. The zero-order chi connectivity index (χ0) is 18.5. The molecule has 1 aliphatic rings. The summed E-state index contributed by atoms with van der Waals surface area (Å²) in [5.74, 6) is 2.65. The molecule has 0 bridgehead atoms. The number of hydrogen-bond acceptors (Lipinski definition) is 2. The Balaban J connectivity index is 3.31. The minimum absolute atomic E-state index is 0.369. The molecule has 0 spiro atoms. The van der Waals surface area contributed by atoms with Gasteiger partial charge in [-0.1, -0.05) is 54.0 Å². The molecule has 1 atom stereocenters. The fraction of sp³-hybridized carbons (Fsp3) is 0.800. The minimum Gasteiger partial charge on any atom is -0.543 e. The number of rotatable bonds is 10. The number of hydrogen-bond donors (Lipinski definition) is 0. The summed E-state index contributed by atoms with van der Waals surface area (Å²) in [5.41, 5.74) is 2.76. The molecule has 0 aliphatic heterocycles. The van der Waals surface area contributed by atoms with Gasteiger partial charge in [-0.25, -0.2) is 0 Å². The predicted molar refractivity (Wildman–Crippen MR) is 111 cm³/mol. The SMILES string of the molecule is CC[Si](CC)(CC)OC1=C(O[Si](CC)(CC)CC)C(C)C(C)=C1C. The lowest BCUT2D eigenvalue weighted by atomic mass is 10.0. The van der Waals surface area contributed by atoms with E-state index in [2.05, 4.69) is 62.3 Å². The Hall–Kier alpha value is -0.486. The zero-order valence-electron chi connectivity index (χ0n) is 17.6. The fourth-order valence-corrected chi connectivity index (χ4v) is 9.01. The Bertz CT molecular complexity index is 469. The minimum atomic E-state index is -1.69. The third kappa shape index (κ3) is 4.01. The van der Waals surface area contributed by atoms with Gasteiger partial charge in [-0.05, 0) is 55.7 Å². The molecule has 0 aromatic rings. The molecule has 1 unspecified atom stereocenters. The topological polar surface area (TPSA) is 18.5 Å². The Labute approximate surface area is 153 Å². The molecule has 0 saturated carbocycles. The highest BCUT2D eigenvalue weighted by molar-refractivity contribution is 6.74. The second-order valence-electron chi connectivity index (χ2n) is 7.41. The molecule has 4 heteroatoms. The van der Waals surface area contributed by atoms with E-state index in [4.69, 9.17) is 8.85 Å². The summed E-state index contributed by atoms with van der Waals surface area (Å²) >= 11 is 0. The molecule has 0 aromatic heterocycles. The highest BCUT2D eigenvalue weighted by atomic mass is 28.4. The third-order valence-electron chi connectivity index (χ3n) is 6.71. The van der Waals surface area contributed by atoms with E-state index < -0.39 is 16.6 Å². The van der Waals surface area contributed by atoms with Crippen LogP contribution in [-0.4, -0.2) is 16.6 Å². The van der Waals surface area contributed by atoms with Crippen molar-refractivity contribution in [1.29, 1.82) is 0 Å². The van der Waals surface area contributed by atoms with Gasteiger partial charge in [-0.15, -0.1) is 0 Å². The lowest BCUT2D eigenvalue weighted by molar-refractivity contribution is 0.315. The molecule has 0 saturated heterocycles. The maximum atomic E-state index is 6.87. The van der Waals surface area contributed by atoms with Crippen molar-refractivity contribution in [2.75, 3.05) is 0 Å². The molecule has 1 rings (SSSR count). The fourth-order valence-electron chi connectivity index (χ4n) is 3.73. The third-order valence-corrected chi connectivity index (χ3v) is 15.7. The molecule has 0 radical (unpaired) electrons. The van der Waals surface area contributed by atoms with Crippen LogP contribution in [0.1, 0.15) is 62.3 Å². The van der Waals surface area contributed by atoms with Gasteiger partial charge in [0.05, 0.1) is 0 Å². The average molecular weight is 369 g/mol. The van der Waals surface area contributed by atoms with E-state index in [-0.39, 0.29) is 0 Å². The van der Waals surface area contributed by atoms with Gasteiger partial charge in [0.2, 0.25) is 8.32 Å². The van der Waals surface area contributed by atoms with E-state index in [0.717, 1.165) is 11.5 Å². The van der Waals surface area contributed by atoms with Gasteiger partial charge >= 0.3 is 0 Å². The van der Waals surface area contributed by atoms with Gasteiger partial charge in [0.15, 0.2) is 0 Å². The van der Waals surface area contributed by atoms with Crippen molar-refractivity contribution in [1.82, 2.24) is 0 Å². The molecule has 0 N–H and O–H groups in total. The molecular weight excluding hydrogens is 328 g/mol. The van der Waals surface area contributed by atoms with Gasteiger partial charge in [-0.3, -0.25) is 0 Å². The predicted octanol–water partition coefficient (Wildman–Crippen LogP) is 7.23. The van der Waals surface area contributed by atoms with Crippen molar-refractivity contribution in [3.05, 3.63) is 22.7 Å². The normalized spacial score (nSPS) is 19.3. The highest BCUT2D eigenvalue weighted by Crippen LogP contribution is 2.43. The maximum absolute atomic E-state index is 6.87. The van der Waals surface area contributed by atoms with Gasteiger partial charge in [-0.2, -0.15) is 0 Å². The molecule has 0 amide bonds. The second-order valence-corrected chi connectivity index (χ2v) is 16.8. The largest absolute Gasteiger partial charge is 0.543 e. The second kappa shape index (κ2) is 8.75. The van der Waals surface area contributed by atoms with Crippen LogP contribution in [0.5, 0.6) is 0 Å². The van der Waals surface area contributed by atoms with Crippen LogP contribution in [0.3, 0.4) is 0 Å². The maximum Gasteiger partial charge on any atom is 0.250 e. The Morgan fingerprint density at radius 2 is 1.08 bits per heavy atom. The zero-order valence-corrected chi connectivity index (χ0v) is 19.6. The molecule has 0 fully saturated rings. The molecule has 24 heavy (non-hydrogen) atoms. The van der Waals surface area contributed by atoms with Crippen molar-refractivity contribution in [3.8, 4) is 0 Å². The van der Waals surface area contributed by atoms with E-state index in [9.17, 15) is 0 Å². The van der Waals surface area contributed by atoms with Crippen LogP contribution < -0.4 is 0 Å². The monoisotopic (exact) mass is 368 g/mol. The van der Waals surface area contributed by atoms with Crippen LogP contribution in [0.25, 0.3) is 0 Å². The lowest BCUT2D eigenvalue weighted by Crippen LogP contribution is -2.38. The van der Waals surface area contributed by atoms with Gasteiger partial charge in [0.1, 0.15) is 11.5 Å². The first-order valence-corrected chi connectivity index (χ1v) is 15.1. The van der Waals surface area contributed by atoms with E-state index in [0.29, 0.717) is 5.92 Å². The van der Waals surface area contributed by atoms with Crippen LogP contribution >= 0.6 is 0 Å². The van der Waals surface area contributed by atoms with Crippen molar-refractivity contribution >= 4 is 16.6 Å². The first kappa shape index (κ1) is 21.6. The van der Waals surface area contributed by atoms with Crippen LogP contribution in [-0.2, 0) is 8.85 Å². The van der Waals surface area contributed by atoms with E-state index in [1.54, 1.807) is 0 Å². The van der Waals surface area contributed by atoms with Crippen LogP contribution in [0.4, 0.5) is 0 Å². The number of allylic oxidation sites excluding steroid dienone is 2. The van der Waals surface area contributed by atoms with Crippen LogP contribution in [0, 0.1) is 5.92 Å².